The van der Waals surface area contributed by atoms with Gasteiger partial charge in [0, 0.05) is 12.8 Å². The molecule has 0 amide bonds. The van der Waals surface area contributed by atoms with Crippen molar-refractivity contribution >= 4 is 27.4 Å². The molecule has 3 nitrogen and oxygen atoms in total. The highest BCUT2D eigenvalue weighted by molar-refractivity contribution is 9.40. The van der Waals surface area contributed by atoms with Crippen LogP contribution in [0.4, 0.5) is 0 Å². The normalized spacial score (nSPS) is 11.6. The Morgan fingerprint density at radius 1 is 0.564 bits per heavy atom. The fourth-order valence-corrected chi connectivity index (χ4v) is 8.07. The van der Waals surface area contributed by atoms with Crippen molar-refractivity contribution in [2.24, 2.45) is 0 Å². The molecule has 0 saturated heterocycles. The highest BCUT2D eigenvalue weighted by Gasteiger charge is 2.23. The number of benzene rings is 5. The van der Waals surface area contributed by atoms with Crippen molar-refractivity contribution in [1.29, 1.82) is 0 Å². The minimum atomic E-state index is -0.772. The Bertz CT molecular complexity index is 1510. The van der Waals surface area contributed by atoms with Crippen LogP contribution in [0.1, 0.15) is 5.56 Å². The van der Waals surface area contributed by atoms with Crippen LogP contribution in [0.3, 0.4) is 0 Å². The molecule has 0 bridgehead atoms. The van der Waals surface area contributed by atoms with Crippen LogP contribution in [-0.2, 0) is 6.16 Å². The minimum absolute atomic E-state index is 0.603. The molecule has 0 aliphatic heterocycles. The van der Waals surface area contributed by atoms with Gasteiger partial charge in [0.25, 0.3) is 0 Å². The molecule has 0 aliphatic rings. The molecule has 39 heavy (non-hydrogen) atoms. The number of rotatable bonds is 9. The van der Waals surface area contributed by atoms with E-state index in [9.17, 15) is 0 Å². The maximum atomic E-state index is 5.63. The topological polar surface area (TPSA) is 27.7 Å². The summed E-state index contributed by atoms with van der Waals surface area (Å²) in [6.45, 7) is -0.772. The Balaban J connectivity index is 1.71. The van der Waals surface area contributed by atoms with Crippen LogP contribution in [-0.4, -0.2) is 21.3 Å². The van der Waals surface area contributed by atoms with Crippen LogP contribution in [0.15, 0.2) is 115 Å². The van der Waals surface area contributed by atoms with E-state index in [-0.39, 0.29) is 0 Å². The van der Waals surface area contributed by atoms with E-state index in [0.29, 0.717) is 17.2 Å². The number of ether oxygens (including phenoxy) is 3. The number of hydrogen-bond donors (Lipinski definition) is 0. The van der Waals surface area contributed by atoms with E-state index in [1.807, 2.05) is 12.1 Å². The van der Waals surface area contributed by atoms with Gasteiger partial charge in [0.2, 0.25) is 5.75 Å². The third-order valence-corrected chi connectivity index (χ3v) is 10.1. The molecule has 5 rings (SSSR count). The number of hydrogen-bond acceptors (Lipinski definition) is 3. The van der Waals surface area contributed by atoms with Gasteiger partial charge in [-0.1, -0.05) is 119 Å². The Morgan fingerprint density at radius 2 is 1.05 bits per heavy atom. The summed E-state index contributed by atoms with van der Waals surface area (Å²) in [5, 5.41) is 1.28. The molecule has 196 valence electrons. The maximum Gasteiger partial charge on any atom is 0.203 e. The van der Waals surface area contributed by atoms with Gasteiger partial charge in [-0.25, -0.2) is 0 Å². The molecule has 5 aromatic carbocycles. The van der Waals surface area contributed by atoms with Gasteiger partial charge in [-0.2, -0.15) is 0 Å². The second-order valence-corrected chi connectivity index (χ2v) is 13.1. The molecule has 0 fully saturated rings. The van der Waals surface area contributed by atoms with Crippen molar-refractivity contribution < 1.29 is 14.2 Å². The summed E-state index contributed by atoms with van der Waals surface area (Å²) < 4.78 is 16.8. The van der Waals surface area contributed by atoms with Gasteiger partial charge in [-0.05, 0) is 56.4 Å². The predicted octanol–water partition coefficient (Wildman–Crippen LogP) is 9.33. The molecule has 1 unspecified atom stereocenters. The third-order valence-electron chi connectivity index (χ3n) is 6.70. The molecule has 5 aromatic rings. The zero-order valence-electron chi connectivity index (χ0n) is 22.2. The lowest BCUT2D eigenvalue weighted by Crippen LogP contribution is -2.08. The van der Waals surface area contributed by atoms with Gasteiger partial charge in [0.15, 0.2) is 11.5 Å². The second kappa shape index (κ2) is 12.5. The quantitative estimate of drug-likeness (QED) is 0.159. The Hall–Kier alpha value is -3.59. The van der Waals surface area contributed by atoms with E-state index >= 15 is 0 Å². The first-order valence-corrected chi connectivity index (χ1v) is 16.2. The molecular formula is C34H30BrO3P. The molecule has 0 aromatic heterocycles. The predicted molar refractivity (Wildman–Crippen MR) is 168 cm³/mol. The smallest absolute Gasteiger partial charge is 0.203 e. The lowest BCUT2D eigenvalue weighted by molar-refractivity contribution is 0.324. The Labute approximate surface area is 239 Å². The summed E-state index contributed by atoms with van der Waals surface area (Å²) in [6.07, 6.45) is 0.796. The molecule has 0 radical (unpaired) electrons. The van der Waals surface area contributed by atoms with Crippen LogP contribution < -0.4 is 19.5 Å². The zero-order valence-corrected chi connectivity index (χ0v) is 24.7. The molecule has 0 saturated carbocycles. The van der Waals surface area contributed by atoms with Gasteiger partial charge >= 0.3 is 0 Å². The van der Waals surface area contributed by atoms with Crippen molar-refractivity contribution in [2.75, 3.05) is 21.3 Å². The maximum absolute atomic E-state index is 5.63. The average molecular weight is 597 g/mol. The highest BCUT2D eigenvalue weighted by atomic mass is 79.9. The van der Waals surface area contributed by atoms with Gasteiger partial charge in [0.1, 0.15) is 0 Å². The van der Waals surface area contributed by atoms with Gasteiger partial charge < -0.3 is 14.2 Å². The fourth-order valence-electron chi connectivity index (χ4n) is 4.93. The van der Waals surface area contributed by atoms with Crippen LogP contribution in [0, 0.1) is 0 Å². The van der Waals surface area contributed by atoms with E-state index in [0.717, 1.165) is 11.7 Å². The van der Waals surface area contributed by atoms with Crippen LogP contribution >= 0.6 is 22.1 Å². The highest BCUT2D eigenvalue weighted by Crippen LogP contribution is 2.53. The van der Waals surface area contributed by atoms with Crippen LogP contribution in [0.25, 0.3) is 33.4 Å². The van der Waals surface area contributed by atoms with Gasteiger partial charge in [0.05, 0.1) is 21.3 Å². The molecule has 1 atom stereocenters. The summed E-state index contributed by atoms with van der Waals surface area (Å²) >= 11 is 4.14. The van der Waals surface area contributed by atoms with Gasteiger partial charge in [-0.3, -0.25) is 0 Å². The zero-order chi connectivity index (χ0) is 27.2. The Morgan fingerprint density at radius 3 is 1.54 bits per heavy atom. The van der Waals surface area contributed by atoms with E-state index in [1.165, 1.54) is 38.7 Å². The van der Waals surface area contributed by atoms with E-state index in [2.05, 4.69) is 119 Å². The summed E-state index contributed by atoms with van der Waals surface area (Å²) in [4.78, 5) is 0. The van der Waals surface area contributed by atoms with Gasteiger partial charge in [-0.15, -0.1) is 0 Å². The van der Waals surface area contributed by atoms with Crippen molar-refractivity contribution in [3.05, 3.63) is 121 Å². The lowest BCUT2D eigenvalue weighted by Gasteiger charge is -2.23. The molecule has 5 heteroatoms. The average Bonchev–Trinajstić information content (AvgIpc) is 3.01. The second-order valence-electron chi connectivity index (χ2n) is 9.03. The molecule has 0 heterocycles. The Kier molecular flexibility index (Phi) is 8.66. The fraction of sp³-hybridized carbons (Fsp3) is 0.118. The van der Waals surface area contributed by atoms with E-state index in [1.54, 1.807) is 21.3 Å². The lowest BCUT2D eigenvalue weighted by atomic mass is 9.87. The minimum Gasteiger partial charge on any atom is -0.493 e. The monoisotopic (exact) mass is 596 g/mol. The molecular weight excluding hydrogens is 567 g/mol. The molecule has 0 N–H and O–H groups in total. The van der Waals surface area contributed by atoms with Crippen LogP contribution in [0.5, 0.6) is 17.2 Å². The number of methoxy groups -OCH3 is 3. The van der Waals surface area contributed by atoms with Crippen molar-refractivity contribution in [2.45, 2.75) is 6.16 Å². The first-order chi connectivity index (χ1) is 19.1. The summed E-state index contributed by atoms with van der Waals surface area (Å²) in [7, 11) is 4.93. The van der Waals surface area contributed by atoms with Crippen molar-refractivity contribution in [3.63, 3.8) is 0 Å². The largest absolute Gasteiger partial charge is 0.493 e. The van der Waals surface area contributed by atoms with Crippen molar-refractivity contribution in [1.82, 2.24) is 0 Å². The number of halogens is 1. The van der Waals surface area contributed by atoms with E-state index in [4.69, 9.17) is 14.2 Å². The summed E-state index contributed by atoms with van der Waals surface area (Å²) in [5.74, 6) is 1.93. The van der Waals surface area contributed by atoms with E-state index < -0.39 is 6.62 Å². The summed E-state index contributed by atoms with van der Waals surface area (Å²) in [6, 6.07) is 40.7. The first-order valence-electron chi connectivity index (χ1n) is 12.7. The first kappa shape index (κ1) is 27.0. The SMILES string of the molecule is COc1cc(CP(Br)c2ccc(-c3ccccc3)c(-c3ccccc3)c2-c2ccccc2)cc(OC)c1OC. The molecule has 0 aliphatic carbocycles. The summed E-state index contributed by atoms with van der Waals surface area (Å²) in [5.41, 5.74) is 8.40. The third kappa shape index (κ3) is 5.73. The van der Waals surface area contributed by atoms with Crippen LogP contribution in [0.2, 0.25) is 0 Å². The molecule has 0 spiro atoms. The standard InChI is InChI=1S/C34H30BrO3P/c1-36-29-21-24(22-30(37-2)34(29)38-3)23-39(35)31-20-19-28(25-13-7-4-8-14-25)32(26-15-9-5-10-16-26)33(31)27-17-11-6-12-18-27/h4-22H,23H2,1-3H3. The van der Waals surface area contributed by atoms with Crippen molar-refractivity contribution in [3.8, 4) is 50.6 Å².